The van der Waals surface area contributed by atoms with Crippen molar-refractivity contribution in [2.75, 3.05) is 0 Å². The Hall–Kier alpha value is -3.82. The second-order valence-electron chi connectivity index (χ2n) is 7.59. The number of fused-ring (bicyclic) bond motifs is 1. The molecule has 5 rings (SSSR count). The molecule has 5 aromatic rings. The van der Waals surface area contributed by atoms with Gasteiger partial charge in [0.2, 0.25) is 0 Å². The number of imidazole rings is 1. The molecule has 178 valence electrons. The summed E-state index contributed by atoms with van der Waals surface area (Å²) in [5, 5.41) is 12.5. The van der Waals surface area contributed by atoms with E-state index in [0.29, 0.717) is 0 Å². The lowest BCUT2D eigenvalue weighted by Crippen LogP contribution is -1.86. The van der Waals surface area contributed by atoms with E-state index in [2.05, 4.69) is 43.5 Å². The Morgan fingerprint density at radius 1 is 0.758 bits per heavy atom. The SMILES string of the molecule is C.Cc1cn(C)c2ncncc12.Cc1cn(C)cn1.Cc1cn(C)nn1.Cc1cnn(C)c1. The predicted octanol–water partition coefficient (Wildman–Crippen LogP) is 3.49. The number of nitrogens with zero attached hydrogens (tertiary/aromatic N) is 10. The van der Waals surface area contributed by atoms with Crippen LogP contribution in [0.1, 0.15) is 29.9 Å². The third kappa shape index (κ3) is 9.06. The van der Waals surface area contributed by atoms with E-state index in [9.17, 15) is 0 Å². The molecule has 0 unspecified atom stereocenters. The number of rotatable bonds is 0. The minimum Gasteiger partial charge on any atom is -0.340 e. The van der Waals surface area contributed by atoms with Crippen molar-refractivity contribution >= 4 is 11.0 Å². The number of hydrogen-bond acceptors (Lipinski definition) is 6. The average molecular weight is 453 g/mol. The predicted molar refractivity (Wildman–Crippen MR) is 132 cm³/mol. The van der Waals surface area contributed by atoms with Gasteiger partial charge in [-0.25, -0.2) is 15.0 Å². The van der Waals surface area contributed by atoms with Crippen molar-refractivity contribution in [3.05, 3.63) is 72.4 Å². The first-order chi connectivity index (χ1) is 15.2. The van der Waals surface area contributed by atoms with Crippen molar-refractivity contribution in [2.24, 2.45) is 28.2 Å². The first-order valence-electron chi connectivity index (χ1n) is 10.1. The first-order valence-corrected chi connectivity index (χ1v) is 10.1. The van der Waals surface area contributed by atoms with Crippen LogP contribution in [0.2, 0.25) is 0 Å². The Morgan fingerprint density at radius 2 is 1.48 bits per heavy atom. The van der Waals surface area contributed by atoms with E-state index >= 15 is 0 Å². The molecule has 33 heavy (non-hydrogen) atoms. The molecule has 0 aliphatic rings. The van der Waals surface area contributed by atoms with E-state index in [1.807, 2.05) is 89.1 Å². The fraction of sp³-hybridized carbons (Fsp3) is 0.391. The van der Waals surface area contributed by atoms with Gasteiger partial charge in [-0.15, -0.1) is 5.10 Å². The molecule has 0 saturated heterocycles. The zero-order valence-corrected chi connectivity index (χ0v) is 20.1. The fourth-order valence-corrected chi connectivity index (χ4v) is 2.85. The van der Waals surface area contributed by atoms with Gasteiger partial charge in [0.15, 0.2) is 0 Å². The van der Waals surface area contributed by atoms with Crippen LogP contribution in [0.15, 0.2) is 49.8 Å². The normalized spacial score (nSPS) is 9.58. The van der Waals surface area contributed by atoms with Crippen molar-refractivity contribution in [1.82, 2.24) is 48.9 Å². The highest BCUT2D eigenvalue weighted by Crippen LogP contribution is 2.14. The lowest BCUT2D eigenvalue weighted by Gasteiger charge is -1.90. The highest BCUT2D eigenvalue weighted by atomic mass is 15.4. The summed E-state index contributed by atoms with van der Waals surface area (Å²) >= 11 is 0. The summed E-state index contributed by atoms with van der Waals surface area (Å²) in [6.07, 6.45) is 14.9. The van der Waals surface area contributed by atoms with E-state index in [-0.39, 0.29) is 7.43 Å². The molecule has 5 aromatic heterocycles. The van der Waals surface area contributed by atoms with Gasteiger partial charge >= 0.3 is 0 Å². The quantitative estimate of drug-likeness (QED) is 0.357. The molecule has 5 heterocycles. The van der Waals surface area contributed by atoms with Crippen LogP contribution in [-0.2, 0) is 28.2 Å². The van der Waals surface area contributed by atoms with Gasteiger partial charge in [-0.1, -0.05) is 12.6 Å². The molecule has 10 nitrogen and oxygen atoms in total. The van der Waals surface area contributed by atoms with Gasteiger partial charge in [-0.2, -0.15) is 5.10 Å². The molecule has 0 radical (unpaired) electrons. The largest absolute Gasteiger partial charge is 0.340 e. The van der Waals surface area contributed by atoms with Gasteiger partial charge < -0.3 is 9.13 Å². The summed E-state index contributed by atoms with van der Waals surface area (Å²) in [6.45, 7) is 7.96. The van der Waals surface area contributed by atoms with Gasteiger partial charge in [0.1, 0.15) is 12.0 Å². The summed E-state index contributed by atoms with van der Waals surface area (Å²) in [5.74, 6) is 0. The molecular formula is C23H36N10. The second-order valence-corrected chi connectivity index (χ2v) is 7.59. The van der Waals surface area contributed by atoms with Crippen LogP contribution in [0.3, 0.4) is 0 Å². The maximum atomic E-state index is 4.15. The molecule has 0 saturated carbocycles. The fourth-order valence-electron chi connectivity index (χ4n) is 2.85. The molecule has 0 aliphatic heterocycles. The van der Waals surface area contributed by atoms with Gasteiger partial charge in [-0.05, 0) is 38.8 Å². The van der Waals surface area contributed by atoms with Crippen molar-refractivity contribution in [3.63, 3.8) is 0 Å². The minimum absolute atomic E-state index is 0. The van der Waals surface area contributed by atoms with E-state index in [4.69, 9.17) is 0 Å². The average Bonchev–Trinajstić information content (AvgIpc) is 3.49. The smallest absolute Gasteiger partial charge is 0.143 e. The van der Waals surface area contributed by atoms with Gasteiger partial charge in [0, 0.05) is 64.6 Å². The van der Waals surface area contributed by atoms with E-state index < -0.39 is 0 Å². The van der Waals surface area contributed by atoms with Crippen LogP contribution in [-0.4, -0.2) is 48.9 Å². The molecule has 0 bridgehead atoms. The van der Waals surface area contributed by atoms with Gasteiger partial charge in [0.05, 0.1) is 23.9 Å². The van der Waals surface area contributed by atoms with E-state index in [0.717, 1.165) is 22.4 Å². The van der Waals surface area contributed by atoms with Crippen LogP contribution >= 0.6 is 0 Å². The van der Waals surface area contributed by atoms with Crippen molar-refractivity contribution in [3.8, 4) is 0 Å². The molecule has 0 atom stereocenters. The molecule has 0 aliphatic carbocycles. The minimum atomic E-state index is 0. The van der Waals surface area contributed by atoms with E-state index in [1.54, 1.807) is 22.0 Å². The molecule has 0 N–H and O–H groups in total. The molecule has 0 amide bonds. The summed E-state index contributed by atoms with van der Waals surface area (Å²) in [5.41, 5.74) is 5.47. The topological polar surface area (TPSA) is 97.1 Å². The molecule has 0 spiro atoms. The van der Waals surface area contributed by atoms with Crippen LogP contribution < -0.4 is 0 Å². The van der Waals surface area contributed by atoms with Crippen LogP contribution in [0.4, 0.5) is 0 Å². The zero-order chi connectivity index (χ0) is 23.7. The third-order valence-corrected chi connectivity index (χ3v) is 4.22. The monoisotopic (exact) mass is 452 g/mol. The Balaban J connectivity index is 0.000000223. The number of aryl methyl sites for hydroxylation is 8. The highest BCUT2D eigenvalue weighted by Gasteiger charge is 2.01. The van der Waals surface area contributed by atoms with Gasteiger partial charge in [0.25, 0.3) is 0 Å². The standard InChI is InChI=1S/C8H9N3.2C5H8N2.C4H7N3.CH4/c1-6-4-11(2)8-7(6)3-9-5-10-8;1-5-3-7(2)4-6-5;1-5-3-6-7(2)4-5;1-4-3-7(2)6-5-4;/h3-5H,1-2H3;2*3-4H,1-2H3;3H,1-2H3;1H4. The summed E-state index contributed by atoms with van der Waals surface area (Å²) < 4.78 is 7.40. The molecule has 10 heteroatoms. The Kier molecular flexibility index (Phi) is 10.6. The Morgan fingerprint density at radius 3 is 1.82 bits per heavy atom. The maximum Gasteiger partial charge on any atom is 0.143 e. The number of aromatic nitrogens is 10. The Bertz CT molecular complexity index is 1050. The van der Waals surface area contributed by atoms with Crippen LogP contribution in [0, 0.1) is 27.7 Å². The second kappa shape index (κ2) is 12.9. The first kappa shape index (κ1) is 27.2. The van der Waals surface area contributed by atoms with Crippen LogP contribution in [0.5, 0.6) is 0 Å². The third-order valence-electron chi connectivity index (χ3n) is 4.22. The van der Waals surface area contributed by atoms with Crippen molar-refractivity contribution in [2.45, 2.75) is 35.1 Å². The van der Waals surface area contributed by atoms with Gasteiger partial charge in [-0.3, -0.25) is 9.36 Å². The summed E-state index contributed by atoms with van der Waals surface area (Å²) in [7, 11) is 7.70. The molecular weight excluding hydrogens is 416 g/mol. The maximum absolute atomic E-state index is 4.15. The summed E-state index contributed by atoms with van der Waals surface area (Å²) in [4.78, 5) is 12.1. The highest BCUT2D eigenvalue weighted by molar-refractivity contribution is 5.78. The molecule has 0 fully saturated rings. The molecule has 0 aromatic carbocycles. The lowest BCUT2D eigenvalue weighted by molar-refractivity contribution is 0.714. The number of hydrogen-bond donors (Lipinski definition) is 0. The van der Waals surface area contributed by atoms with Crippen molar-refractivity contribution in [1.29, 1.82) is 0 Å². The summed E-state index contributed by atoms with van der Waals surface area (Å²) in [6, 6.07) is 0. The lowest BCUT2D eigenvalue weighted by atomic mass is 10.3. The van der Waals surface area contributed by atoms with E-state index in [1.165, 1.54) is 11.1 Å². The Labute approximate surface area is 195 Å². The van der Waals surface area contributed by atoms with Crippen molar-refractivity contribution < 1.29 is 0 Å². The van der Waals surface area contributed by atoms with Crippen LogP contribution in [0.25, 0.3) is 11.0 Å². The zero-order valence-electron chi connectivity index (χ0n) is 20.1.